The molecule has 2 aromatic carbocycles. The molecule has 0 unspecified atom stereocenters. The number of methoxy groups -OCH3 is 1. The summed E-state index contributed by atoms with van der Waals surface area (Å²) in [4.78, 5) is 12.5. The van der Waals surface area contributed by atoms with E-state index in [1.165, 1.54) is 25.3 Å². The van der Waals surface area contributed by atoms with Crippen LogP contribution in [-0.2, 0) is 10.0 Å². The fourth-order valence-corrected chi connectivity index (χ4v) is 3.87. The SMILES string of the molecule is COc1ccc(C(=O)Nc2ccc(C)c(C)c2)cc1S(=O)(=O)NC(C)C. The quantitative estimate of drug-likeness (QED) is 0.810. The topological polar surface area (TPSA) is 84.5 Å². The molecule has 0 fully saturated rings. The van der Waals surface area contributed by atoms with Crippen LogP contribution < -0.4 is 14.8 Å². The number of hydrogen-bond donors (Lipinski definition) is 2. The Hall–Kier alpha value is -2.38. The van der Waals surface area contributed by atoms with Gasteiger partial charge < -0.3 is 10.1 Å². The van der Waals surface area contributed by atoms with Gasteiger partial charge in [-0.2, -0.15) is 0 Å². The second kappa shape index (κ2) is 7.88. The van der Waals surface area contributed by atoms with Gasteiger partial charge in [-0.25, -0.2) is 13.1 Å². The Kier molecular flexibility index (Phi) is 6.05. The summed E-state index contributed by atoms with van der Waals surface area (Å²) in [5.74, 6) is -0.210. The zero-order valence-electron chi connectivity index (χ0n) is 15.6. The Bertz CT molecular complexity index is 921. The number of benzene rings is 2. The number of ether oxygens (including phenoxy) is 1. The van der Waals surface area contributed by atoms with Crippen molar-refractivity contribution >= 4 is 21.6 Å². The van der Waals surface area contributed by atoms with Crippen LogP contribution in [0, 0.1) is 13.8 Å². The van der Waals surface area contributed by atoms with Gasteiger partial charge >= 0.3 is 0 Å². The molecule has 2 N–H and O–H groups in total. The number of amides is 1. The van der Waals surface area contributed by atoms with E-state index in [4.69, 9.17) is 4.74 Å². The van der Waals surface area contributed by atoms with E-state index in [-0.39, 0.29) is 22.3 Å². The molecule has 0 bridgehead atoms. The van der Waals surface area contributed by atoms with Crippen molar-refractivity contribution in [1.29, 1.82) is 0 Å². The van der Waals surface area contributed by atoms with Crippen LogP contribution in [0.4, 0.5) is 5.69 Å². The summed E-state index contributed by atoms with van der Waals surface area (Å²) in [6, 6.07) is 9.64. The molecule has 0 saturated heterocycles. The molecule has 1 amide bonds. The molecule has 140 valence electrons. The fraction of sp³-hybridized carbons (Fsp3) is 0.316. The van der Waals surface area contributed by atoms with Crippen LogP contribution in [0.3, 0.4) is 0 Å². The van der Waals surface area contributed by atoms with Gasteiger partial charge in [0.05, 0.1) is 7.11 Å². The molecular formula is C19H24N2O4S. The Morgan fingerprint density at radius 3 is 2.31 bits per heavy atom. The predicted molar refractivity (Wildman–Crippen MR) is 102 cm³/mol. The third kappa shape index (κ3) is 4.62. The molecule has 0 heterocycles. The van der Waals surface area contributed by atoms with Crippen LogP contribution in [-0.4, -0.2) is 27.5 Å². The van der Waals surface area contributed by atoms with Gasteiger partial charge in [-0.05, 0) is 69.2 Å². The molecule has 0 aliphatic carbocycles. The molecule has 0 aliphatic rings. The van der Waals surface area contributed by atoms with Crippen molar-refractivity contribution in [2.75, 3.05) is 12.4 Å². The molecule has 0 aliphatic heterocycles. The van der Waals surface area contributed by atoms with Crippen LogP contribution in [0.5, 0.6) is 5.75 Å². The van der Waals surface area contributed by atoms with E-state index in [1.807, 2.05) is 32.0 Å². The van der Waals surface area contributed by atoms with Crippen molar-refractivity contribution in [3.63, 3.8) is 0 Å². The molecule has 0 atom stereocenters. The van der Waals surface area contributed by atoms with Crippen LogP contribution >= 0.6 is 0 Å². The summed E-state index contributed by atoms with van der Waals surface area (Å²) in [6.07, 6.45) is 0. The molecule has 0 aromatic heterocycles. The molecule has 0 radical (unpaired) electrons. The molecule has 6 nitrogen and oxygen atoms in total. The Labute approximate surface area is 154 Å². The average Bonchev–Trinajstić information content (AvgIpc) is 2.56. The Balaban J connectivity index is 2.36. The number of nitrogens with one attached hydrogen (secondary N) is 2. The van der Waals surface area contributed by atoms with Crippen molar-refractivity contribution in [2.24, 2.45) is 0 Å². The molecule has 2 aromatic rings. The van der Waals surface area contributed by atoms with E-state index in [1.54, 1.807) is 13.8 Å². The number of hydrogen-bond acceptors (Lipinski definition) is 4. The number of carbonyl (C=O) groups excluding carboxylic acids is 1. The maximum Gasteiger partial charge on any atom is 0.255 e. The number of sulfonamides is 1. The van der Waals surface area contributed by atoms with Crippen molar-refractivity contribution in [1.82, 2.24) is 4.72 Å². The second-order valence-electron chi connectivity index (χ2n) is 6.39. The first-order valence-corrected chi connectivity index (χ1v) is 9.71. The van der Waals surface area contributed by atoms with Crippen LogP contribution in [0.15, 0.2) is 41.3 Å². The summed E-state index contributed by atoms with van der Waals surface area (Å²) in [5.41, 5.74) is 3.06. The molecule has 0 spiro atoms. The lowest BCUT2D eigenvalue weighted by Crippen LogP contribution is -2.30. The second-order valence-corrected chi connectivity index (χ2v) is 8.08. The van der Waals surface area contributed by atoms with E-state index in [0.29, 0.717) is 5.69 Å². The van der Waals surface area contributed by atoms with Gasteiger partial charge in [0, 0.05) is 17.3 Å². The summed E-state index contributed by atoms with van der Waals surface area (Å²) in [7, 11) is -2.41. The van der Waals surface area contributed by atoms with E-state index < -0.39 is 15.9 Å². The lowest BCUT2D eigenvalue weighted by Gasteiger charge is -2.14. The van der Waals surface area contributed by atoms with Crippen molar-refractivity contribution in [3.8, 4) is 5.75 Å². The van der Waals surface area contributed by atoms with Gasteiger partial charge in [0.15, 0.2) is 0 Å². The zero-order valence-corrected chi connectivity index (χ0v) is 16.4. The molecule has 0 saturated carbocycles. The minimum atomic E-state index is -3.80. The highest BCUT2D eigenvalue weighted by Gasteiger charge is 2.22. The largest absolute Gasteiger partial charge is 0.495 e. The van der Waals surface area contributed by atoms with E-state index in [9.17, 15) is 13.2 Å². The fourth-order valence-electron chi connectivity index (χ4n) is 2.42. The van der Waals surface area contributed by atoms with Gasteiger partial charge in [0.1, 0.15) is 10.6 Å². The monoisotopic (exact) mass is 376 g/mol. The lowest BCUT2D eigenvalue weighted by molar-refractivity contribution is 0.102. The smallest absolute Gasteiger partial charge is 0.255 e. The van der Waals surface area contributed by atoms with Gasteiger partial charge in [-0.3, -0.25) is 4.79 Å². The first-order chi connectivity index (χ1) is 12.1. The zero-order chi connectivity index (χ0) is 19.5. The molecule has 7 heteroatoms. The maximum atomic E-state index is 12.5. The number of rotatable bonds is 6. The number of aryl methyl sites for hydroxylation is 2. The highest BCUT2D eigenvalue weighted by molar-refractivity contribution is 7.89. The summed E-state index contributed by atoms with van der Waals surface area (Å²) >= 11 is 0. The Morgan fingerprint density at radius 2 is 1.73 bits per heavy atom. The first kappa shape index (κ1) is 19.9. The van der Waals surface area contributed by atoms with E-state index in [2.05, 4.69) is 10.0 Å². The van der Waals surface area contributed by atoms with Crippen LogP contribution in [0.1, 0.15) is 35.3 Å². The lowest BCUT2D eigenvalue weighted by atomic mass is 10.1. The standard InChI is InChI=1S/C19H24N2O4S/c1-12(2)21-26(23,24)18-11-15(7-9-17(18)25-5)19(22)20-16-8-6-13(3)14(4)10-16/h6-12,21H,1-5H3,(H,20,22). The third-order valence-corrected chi connectivity index (χ3v) is 5.55. The third-order valence-electron chi connectivity index (χ3n) is 3.87. The minimum absolute atomic E-state index is 0.0681. The maximum absolute atomic E-state index is 12.5. The molecule has 26 heavy (non-hydrogen) atoms. The van der Waals surface area contributed by atoms with Crippen molar-refractivity contribution < 1.29 is 17.9 Å². The van der Waals surface area contributed by atoms with E-state index in [0.717, 1.165) is 11.1 Å². The summed E-state index contributed by atoms with van der Waals surface area (Å²) < 4.78 is 32.7. The predicted octanol–water partition coefficient (Wildman–Crippen LogP) is 3.25. The van der Waals surface area contributed by atoms with Gasteiger partial charge in [-0.1, -0.05) is 6.07 Å². The van der Waals surface area contributed by atoms with Crippen molar-refractivity contribution in [2.45, 2.75) is 38.6 Å². The van der Waals surface area contributed by atoms with Crippen LogP contribution in [0.2, 0.25) is 0 Å². The Morgan fingerprint density at radius 1 is 1.04 bits per heavy atom. The van der Waals surface area contributed by atoms with Crippen molar-refractivity contribution in [3.05, 3.63) is 53.1 Å². The van der Waals surface area contributed by atoms with Gasteiger partial charge in [-0.15, -0.1) is 0 Å². The number of anilines is 1. The highest BCUT2D eigenvalue weighted by atomic mass is 32.2. The first-order valence-electron chi connectivity index (χ1n) is 8.23. The number of carbonyl (C=O) groups is 1. The van der Waals surface area contributed by atoms with Gasteiger partial charge in [0.25, 0.3) is 5.91 Å². The summed E-state index contributed by atoms with van der Waals surface area (Å²) in [6.45, 7) is 7.39. The minimum Gasteiger partial charge on any atom is -0.495 e. The molecular weight excluding hydrogens is 352 g/mol. The average molecular weight is 376 g/mol. The normalized spacial score (nSPS) is 11.5. The summed E-state index contributed by atoms with van der Waals surface area (Å²) in [5, 5.41) is 2.79. The van der Waals surface area contributed by atoms with Crippen LogP contribution in [0.25, 0.3) is 0 Å². The van der Waals surface area contributed by atoms with Gasteiger partial charge in [0.2, 0.25) is 10.0 Å². The molecule has 2 rings (SSSR count). The van der Waals surface area contributed by atoms with E-state index >= 15 is 0 Å². The highest BCUT2D eigenvalue weighted by Crippen LogP contribution is 2.26.